The van der Waals surface area contributed by atoms with Crippen molar-refractivity contribution in [2.24, 2.45) is 0 Å². The summed E-state index contributed by atoms with van der Waals surface area (Å²) in [5.41, 5.74) is 0. The van der Waals surface area contributed by atoms with E-state index in [1.54, 1.807) is 11.3 Å². The first kappa shape index (κ1) is 10.1. The molecule has 2 unspecified atom stereocenters. The van der Waals surface area contributed by atoms with Crippen LogP contribution in [-0.4, -0.2) is 19.2 Å². The zero-order valence-electron chi connectivity index (χ0n) is 8.53. The molecule has 0 aliphatic carbocycles. The molecule has 1 N–H and O–H groups in total. The predicted octanol–water partition coefficient (Wildman–Crippen LogP) is 2.58. The van der Waals surface area contributed by atoms with Crippen LogP contribution in [-0.2, 0) is 4.74 Å². The summed E-state index contributed by atoms with van der Waals surface area (Å²) >= 11 is 1.78. The van der Waals surface area contributed by atoms with Crippen LogP contribution in [0.4, 0.5) is 0 Å². The van der Waals surface area contributed by atoms with E-state index in [0.29, 0.717) is 6.10 Å². The van der Waals surface area contributed by atoms with Gasteiger partial charge < -0.3 is 10.1 Å². The van der Waals surface area contributed by atoms with Gasteiger partial charge in [0.25, 0.3) is 0 Å². The second-order valence-electron chi connectivity index (χ2n) is 3.71. The van der Waals surface area contributed by atoms with Crippen molar-refractivity contribution in [2.75, 3.05) is 13.1 Å². The topological polar surface area (TPSA) is 21.3 Å². The molecule has 0 spiro atoms. The normalized spacial score (nSPS) is 27.8. The maximum absolute atomic E-state index is 6.02. The van der Waals surface area contributed by atoms with E-state index in [9.17, 15) is 0 Å². The van der Waals surface area contributed by atoms with Crippen LogP contribution in [0.1, 0.15) is 30.7 Å². The fourth-order valence-corrected chi connectivity index (χ4v) is 2.60. The van der Waals surface area contributed by atoms with Crippen molar-refractivity contribution in [1.82, 2.24) is 5.32 Å². The zero-order valence-corrected chi connectivity index (χ0v) is 9.35. The van der Waals surface area contributed by atoms with E-state index >= 15 is 0 Å². The maximum Gasteiger partial charge on any atom is 0.104 e. The van der Waals surface area contributed by atoms with Crippen molar-refractivity contribution in [2.45, 2.75) is 32.0 Å². The van der Waals surface area contributed by atoms with Gasteiger partial charge in [-0.3, -0.25) is 0 Å². The first-order valence-electron chi connectivity index (χ1n) is 5.29. The number of rotatable bonds is 3. The quantitative estimate of drug-likeness (QED) is 0.829. The van der Waals surface area contributed by atoms with Crippen LogP contribution in [0.2, 0.25) is 0 Å². The molecule has 1 aliphatic heterocycles. The van der Waals surface area contributed by atoms with E-state index in [4.69, 9.17) is 4.74 Å². The van der Waals surface area contributed by atoms with Crippen LogP contribution in [0.15, 0.2) is 17.5 Å². The van der Waals surface area contributed by atoms with Gasteiger partial charge in [0.1, 0.15) is 6.10 Å². The lowest BCUT2D eigenvalue weighted by atomic mass is 10.1. The monoisotopic (exact) mass is 211 g/mol. The van der Waals surface area contributed by atoms with Gasteiger partial charge in [-0.2, -0.15) is 0 Å². The Labute approximate surface area is 89.3 Å². The van der Waals surface area contributed by atoms with Gasteiger partial charge in [-0.1, -0.05) is 19.4 Å². The molecule has 1 aromatic rings. The average Bonchev–Trinajstić information content (AvgIpc) is 2.71. The third-order valence-corrected chi connectivity index (χ3v) is 3.49. The van der Waals surface area contributed by atoms with Gasteiger partial charge in [-0.05, 0) is 17.9 Å². The van der Waals surface area contributed by atoms with E-state index in [1.807, 2.05) is 0 Å². The molecule has 78 valence electrons. The SMILES string of the molecule is CCCC1CNCC(c2cccs2)O1. The number of hydrogen-bond acceptors (Lipinski definition) is 3. The van der Waals surface area contributed by atoms with Crippen molar-refractivity contribution >= 4 is 11.3 Å². The molecule has 14 heavy (non-hydrogen) atoms. The summed E-state index contributed by atoms with van der Waals surface area (Å²) in [4.78, 5) is 1.35. The highest BCUT2D eigenvalue weighted by atomic mass is 32.1. The highest BCUT2D eigenvalue weighted by molar-refractivity contribution is 7.10. The second kappa shape index (κ2) is 4.91. The molecule has 1 aromatic heterocycles. The van der Waals surface area contributed by atoms with Crippen molar-refractivity contribution in [1.29, 1.82) is 0 Å². The van der Waals surface area contributed by atoms with Crippen molar-refractivity contribution < 1.29 is 4.74 Å². The van der Waals surface area contributed by atoms with E-state index in [1.165, 1.54) is 11.3 Å². The van der Waals surface area contributed by atoms with Gasteiger partial charge in [0.2, 0.25) is 0 Å². The van der Waals surface area contributed by atoms with E-state index in [0.717, 1.165) is 19.5 Å². The van der Waals surface area contributed by atoms with E-state index < -0.39 is 0 Å². The molecule has 1 fully saturated rings. The third kappa shape index (κ3) is 2.35. The molecule has 0 aromatic carbocycles. The lowest BCUT2D eigenvalue weighted by molar-refractivity contribution is -0.0407. The Hall–Kier alpha value is -0.380. The highest BCUT2D eigenvalue weighted by Crippen LogP contribution is 2.26. The molecule has 1 saturated heterocycles. The molecule has 0 saturated carbocycles. The molecular weight excluding hydrogens is 194 g/mol. The van der Waals surface area contributed by atoms with E-state index in [2.05, 4.69) is 29.8 Å². The van der Waals surface area contributed by atoms with E-state index in [-0.39, 0.29) is 6.10 Å². The Bertz CT molecular complexity index is 258. The molecular formula is C11H17NOS. The summed E-state index contributed by atoms with van der Waals surface area (Å²) in [6.45, 7) is 4.18. The molecule has 0 bridgehead atoms. The summed E-state index contributed by atoms with van der Waals surface area (Å²) in [7, 11) is 0. The Balaban J connectivity index is 1.94. The second-order valence-corrected chi connectivity index (χ2v) is 4.69. The largest absolute Gasteiger partial charge is 0.367 e. The standard InChI is InChI=1S/C11H17NOS/c1-2-4-9-7-12-8-10(13-9)11-5-3-6-14-11/h3,5-6,9-10,12H,2,4,7-8H2,1H3. The Morgan fingerprint density at radius 1 is 1.57 bits per heavy atom. The Kier molecular flexibility index (Phi) is 3.56. The first-order chi connectivity index (χ1) is 6.90. The lowest BCUT2D eigenvalue weighted by Gasteiger charge is -2.30. The Morgan fingerprint density at radius 2 is 2.50 bits per heavy atom. The molecule has 0 amide bonds. The predicted molar refractivity (Wildman–Crippen MR) is 59.7 cm³/mol. The minimum atomic E-state index is 0.278. The van der Waals surface area contributed by atoms with Crippen molar-refractivity contribution in [3.63, 3.8) is 0 Å². The maximum atomic E-state index is 6.02. The van der Waals surface area contributed by atoms with Crippen LogP contribution in [0.25, 0.3) is 0 Å². The van der Waals surface area contributed by atoms with Crippen LogP contribution >= 0.6 is 11.3 Å². The minimum absolute atomic E-state index is 0.278. The number of nitrogens with one attached hydrogen (secondary N) is 1. The fourth-order valence-electron chi connectivity index (χ4n) is 1.84. The molecule has 2 nitrogen and oxygen atoms in total. The number of morpholine rings is 1. The number of ether oxygens (including phenoxy) is 1. The molecule has 2 heterocycles. The number of thiophene rings is 1. The highest BCUT2D eigenvalue weighted by Gasteiger charge is 2.22. The van der Waals surface area contributed by atoms with Crippen LogP contribution in [0, 0.1) is 0 Å². The van der Waals surface area contributed by atoms with Crippen molar-refractivity contribution in [3.8, 4) is 0 Å². The van der Waals surface area contributed by atoms with Gasteiger partial charge >= 0.3 is 0 Å². The third-order valence-electron chi connectivity index (χ3n) is 2.53. The average molecular weight is 211 g/mol. The lowest BCUT2D eigenvalue weighted by Crippen LogP contribution is -2.40. The van der Waals surface area contributed by atoms with Gasteiger partial charge in [0.05, 0.1) is 6.10 Å². The van der Waals surface area contributed by atoms with Crippen molar-refractivity contribution in [3.05, 3.63) is 22.4 Å². The molecule has 2 rings (SSSR count). The first-order valence-corrected chi connectivity index (χ1v) is 6.17. The molecule has 3 heteroatoms. The summed E-state index contributed by atoms with van der Waals surface area (Å²) in [6.07, 6.45) is 3.04. The van der Waals surface area contributed by atoms with Crippen LogP contribution in [0.5, 0.6) is 0 Å². The number of hydrogen-bond donors (Lipinski definition) is 1. The van der Waals surface area contributed by atoms with Crippen LogP contribution < -0.4 is 5.32 Å². The molecule has 1 aliphatic rings. The summed E-state index contributed by atoms with van der Waals surface area (Å²) < 4.78 is 6.02. The summed E-state index contributed by atoms with van der Waals surface area (Å²) in [5, 5.41) is 5.55. The van der Waals surface area contributed by atoms with Gasteiger partial charge in [0, 0.05) is 18.0 Å². The van der Waals surface area contributed by atoms with Gasteiger partial charge in [-0.15, -0.1) is 11.3 Å². The van der Waals surface area contributed by atoms with Gasteiger partial charge in [0.15, 0.2) is 0 Å². The minimum Gasteiger partial charge on any atom is -0.367 e. The summed E-state index contributed by atoms with van der Waals surface area (Å²) in [5.74, 6) is 0. The zero-order chi connectivity index (χ0) is 9.80. The smallest absolute Gasteiger partial charge is 0.104 e. The molecule has 0 radical (unpaired) electrons. The fraction of sp³-hybridized carbons (Fsp3) is 0.636. The Morgan fingerprint density at radius 3 is 3.21 bits per heavy atom. The molecule has 2 atom stereocenters. The van der Waals surface area contributed by atoms with Crippen LogP contribution in [0.3, 0.4) is 0 Å². The van der Waals surface area contributed by atoms with Gasteiger partial charge in [-0.25, -0.2) is 0 Å². The summed E-state index contributed by atoms with van der Waals surface area (Å²) in [6, 6.07) is 4.25.